The molecule has 2 heteroatoms. The van der Waals surface area contributed by atoms with Gasteiger partial charge in [-0.2, -0.15) is 0 Å². The molecule has 2 aliphatic rings. The Labute approximate surface area is 148 Å². The molecule has 2 nitrogen and oxygen atoms in total. The number of benzene rings is 3. The minimum Gasteiger partial charge on any atom is -0.340 e. The van der Waals surface area contributed by atoms with Gasteiger partial charge in [0.1, 0.15) is 0 Å². The predicted molar refractivity (Wildman–Crippen MR) is 102 cm³/mol. The van der Waals surface area contributed by atoms with E-state index in [1.165, 1.54) is 40.0 Å². The van der Waals surface area contributed by atoms with Gasteiger partial charge in [0.2, 0.25) is 5.79 Å². The summed E-state index contributed by atoms with van der Waals surface area (Å²) in [7, 11) is 0. The van der Waals surface area contributed by atoms with E-state index in [0.717, 1.165) is 18.4 Å². The average Bonchev–Trinajstić information content (AvgIpc) is 3.19. The topological polar surface area (TPSA) is 18.5 Å². The van der Waals surface area contributed by atoms with Crippen molar-refractivity contribution in [3.8, 4) is 0 Å². The van der Waals surface area contributed by atoms with Crippen molar-refractivity contribution >= 4 is 21.5 Å². The fourth-order valence-electron chi connectivity index (χ4n) is 4.39. The minimum atomic E-state index is -0.704. The molecule has 0 bridgehead atoms. The number of fused-ring (bicyclic) bond motifs is 3. The van der Waals surface area contributed by atoms with Gasteiger partial charge in [0, 0.05) is 5.56 Å². The molecule has 1 fully saturated rings. The van der Waals surface area contributed by atoms with E-state index in [4.69, 9.17) is 9.47 Å². The maximum atomic E-state index is 6.33. The van der Waals surface area contributed by atoms with Gasteiger partial charge in [-0.05, 0) is 58.9 Å². The third kappa shape index (κ3) is 2.32. The molecule has 126 valence electrons. The van der Waals surface area contributed by atoms with Crippen LogP contribution in [0.3, 0.4) is 0 Å². The van der Waals surface area contributed by atoms with Crippen molar-refractivity contribution in [3.05, 3.63) is 71.8 Å². The highest BCUT2D eigenvalue weighted by Crippen LogP contribution is 2.46. The molecule has 3 aromatic rings. The first kappa shape index (κ1) is 15.1. The number of allylic oxidation sites excluding steroid dienone is 1. The van der Waals surface area contributed by atoms with E-state index in [2.05, 4.69) is 60.7 Å². The maximum absolute atomic E-state index is 6.33. The van der Waals surface area contributed by atoms with Gasteiger partial charge in [-0.1, -0.05) is 54.6 Å². The summed E-state index contributed by atoms with van der Waals surface area (Å²) >= 11 is 0. The Morgan fingerprint density at radius 3 is 2.24 bits per heavy atom. The van der Waals surface area contributed by atoms with Crippen LogP contribution in [0.15, 0.2) is 66.2 Å². The highest BCUT2D eigenvalue weighted by Gasteiger charge is 2.43. The lowest BCUT2D eigenvalue weighted by atomic mass is 9.85. The molecule has 0 N–H and O–H groups in total. The van der Waals surface area contributed by atoms with Crippen molar-refractivity contribution in [2.24, 2.45) is 0 Å². The lowest BCUT2D eigenvalue weighted by Gasteiger charge is -2.33. The number of hydrogen-bond acceptors (Lipinski definition) is 2. The number of ether oxygens (including phenoxy) is 2. The summed E-state index contributed by atoms with van der Waals surface area (Å²) in [6, 6.07) is 19.5. The molecule has 0 amide bonds. The zero-order chi connectivity index (χ0) is 16.7. The summed E-state index contributed by atoms with van der Waals surface area (Å²) in [5, 5.41) is 5.03. The molecule has 1 aliphatic heterocycles. The van der Waals surface area contributed by atoms with E-state index in [-0.39, 0.29) is 0 Å². The average molecular weight is 330 g/mol. The van der Waals surface area contributed by atoms with Crippen LogP contribution in [0, 0.1) is 0 Å². The molecule has 25 heavy (non-hydrogen) atoms. The van der Waals surface area contributed by atoms with Gasteiger partial charge in [0.25, 0.3) is 0 Å². The second-order valence-electron chi connectivity index (χ2n) is 6.98. The van der Waals surface area contributed by atoms with E-state index in [9.17, 15) is 0 Å². The molecular formula is C23H22O2. The molecule has 0 unspecified atom stereocenters. The van der Waals surface area contributed by atoms with E-state index in [0.29, 0.717) is 13.2 Å². The molecule has 0 spiro atoms. The summed E-state index contributed by atoms with van der Waals surface area (Å²) in [5.41, 5.74) is 2.46. The van der Waals surface area contributed by atoms with Crippen molar-refractivity contribution in [1.82, 2.24) is 0 Å². The lowest BCUT2D eigenvalue weighted by molar-refractivity contribution is -0.135. The Balaban J connectivity index is 1.84. The van der Waals surface area contributed by atoms with E-state index < -0.39 is 5.79 Å². The van der Waals surface area contributed by atoms with Crippen LogP contribution in [0.1, 0.15) is 31.2 Å². The lowest BCUT2D eigenvalue weighted by Crippen LogP contribution is -2.31. The summed E-state index contributed by atoms with van der Waals surface area (Å²) in [6.45, 7) is 1.30. The van der Waals surface area contributed by atoms with Crippen molar-refractivity contribution in [3.63, 3.8) is 0 Å². The molecule has 0 aromatic heterocycles. The third-order valence-electron chi connectivity index (χ3n) is 5.53. The fraction of sp³-hybridized carbons (Fsp3) is 0.304. The smallest absolute Gasteiger partial charge is 0.218 e. The Morgan fingerprint density at radius 2 is 1.48 bits per heavy atom. The molecule has 3 aromatic carbocycles. The van der Waals surface area contributed by atoms with Crippen molar-refractivity contribution in [2.45, 2.75) is 31.5 Å². The van der Waals surface area contributed by atoms with Crippen molar-refractivity contribution < 1.29 is 9.47 Å². The molecule has 1 aliphatic carbocycles. The first-order chi connectivity index (χ1) is 12.4. The second-order valence-corrected chi connectivity index (χ2v) is 6.98. The van der Waals surface area contributed by atoms with Crippen LogP contribution in [-0.4, -0.2) is 13.2 Å². The van der Waals surface area contributed by atoms with Crippen LogP contribution < -0.4 is 0 Å². The van der Waals surface area contributed by atoms with Crippen LogP contribution in [0.5, 0.6) is 0 Å². The predicted octanol–water partition coefficient (Wildman–Crippen LogP) is 5.69. The quantitative estimate of drug-likeness (QED) is 0.444. The van der Waals surface area contributed by atoms with Crippen LogP contribution >= 0.6 is 0 Å². The summed E-state index contributed by atoms with van der Waals surface area (Å²) in [4.78, 5) is 0. The van der Waals surface area contributed by atoms with Gasteiger partial charge in [0.05, 0.1) is 13.2 Å². The van der Waals surface area contributed by atoms with Gasteiger partial charge in [-0.25, -0.2) is 0 Å². The minimum absolute atomic E-state index is 0.651. The Kier molecular flexibility index (Phi) is 3.61. The molecular weight excluding hydrogens is 308 g/mol. The van der Waals surface area contributed by atoms with Crippen molar-refractivity contribution in [2.75, 3.05) is 13.2 Å². The number of hydrogen-bond donors (Lipinski definition) is 0. The SMILES string of the molecule is C1=C(C2(c3cc4ccccc4c4ccccc34)OCCO2)CCCC1. The highest BCUT2D eigenvalue weighted by molar-refractivity contribution is 6.09. The van der Waals surface area contributed by atoms with Crippen LogP contribution in [-0.2, 0) is 15.3 Å². The Bertz CT molecular complexity index is 964. The maximum Gasteiger partial charge on any atom is 0.218 e. The molecule has 0 atom stereocenters. The number of rotatable bonds is 2. The zero-order valence-electron chi connectivity index (χ0n) is 14.3. The summed E-state index contributed by atoms with van der Waals surface area (Å²) < 4.78 is 12.7. The second kappa shape index (κ2) is 5.98. The van der Waals surface area contributed by atoms with E-state index >= 15 is 0 Å². The van der Waals surface area contributed by atoms with Gasteiger partial charge < -0.3 is 9.47 Å². The van der Waals surface area contributed by atoms with Crippen LogP contribution in [0.4, 0.5) is 0 Å². The van der Waals surface area contributed by atoms with Gasteiger partial charge in [0.15, 0.2) is 0 Å². The largest absolute Gasteiger partial charge is 0.340 e. The van der Waals surface area contributed by atoms with E-state index in [1.54, 1.807) is 0 Å². The van der Waals surface area contributed by atoms with Gasteiger partial charge in [-0.3, -0.25) is 0 Å². The molecule has 5 rings (SSSR count). The summed E-state index contributed by atoms with van der Waals surface area (Å²) in [6.07, 6.45) is 7.00. The normalized spacial score (nSPS) is 20.1. The first-order valence-corrected chi connectivity index (χ1v) is 9.27. The Morgan fingerprint density at radius 1 is 0.760 bits per heavy atom. The molecule has 1 heterocycles. The van der Waals surface area contributed by atoms with Crippen LogP contribution in [0.25, 0.3) is 21.5 Å². The highest BCUT2D eigenvalue weighted by atomic mass is 16.7. The van der Waals surface area contributed by atoms with E-state index in [1.807, 2.05) is 0 Å². The monoisotopic (exact) mass is 330 g/mol. The van der Waals surface area contributed by atoms with Crippen LogP contribution in [0.2, 0.25) is 0 Å². The Hall–Kier alpha value is -2.16. The first-order valence-electron chi connectivity index (χ1n) is 9.27. The van der Waals surface area contributed by atoms with Crippen molar-refractivity contribution in [1.29, 1.82) is 0 Å². The molecule has 0 saturated carbocycles. The van der Waals surface area contributed by atoms with Gasteiger partial charge in [-0.15, -0.1) is 0 Å². The molecule has 0 radical (unpaired) electrons. The van der Waals surface area contributed by atoms with Gasteiger partial charge >= 0.3 is 0 Å². The fourth-order valence-corrected chi connectivity index (χ4v) is 4.39. The summed E-state index contributed by atoms with van der Waals surface area (Å²) in [5.74, 6) is -0.704. The third-order valence-corrected chi connectivity index (χ3v) is 5.53. The standard InChI is InChI=1S/C23H22O2/c1-2-9-18(10-3-1)23(24-14-15-25-23)22-16-17-8-4-5-11-19(17)20-12-6-7-13-21(20)22/h4-9,11-13,16H,1-3,10,14-15H2. The molecule has 1 saturated heterocycles. The zero-order valence-corrected chi connectivity index (χ0v) is 14.3.